The third kappa shape index (κ3) is 3.74. The fourth-order valence-electron chi connectivity index (χ4n) is 5.78. The molecule has 2 aromatic heterocycles. The Morgan fingerprint density at radius 3 is 2.77 bits per heavy atom. The maximum absolute atomic E-state index is 14.6. The Labute approximate surface area is 203 Å². The number of hydrogen-bond donors (Lipinski definition) is 1. The van der Waals surface area contributed by atoms with Gasteiger partial charge in [-0.1, -0.05) is 24.3 Å². The summed E-state index contributed by atoms with van der Waals surface area (Å²) in [6, 6.07) is 12.0. The fraction of sp³-hybridized carbons (Fsp3) is 0.357. The highest BCUT2D eigenvalue weighted by Gasteiger charge is 2.44. The third-order valence-electron chi connectivity index (χ3n) is 7.70. The molecule has 1 saturated carbocycles. The number of likely N-dealkylation sites (tertiary alicyclic amines) is 1. The second-order valence-corrected chi connectivity index (χ2v) is 10.2. The average molecular weight is 470 g/mol. The Kier molecular flexibility index (Phi) is 4.81. The van der Waals surface area contributed by atoms with Crippen LogP contribution in [-0.2, 0) is 19.5 Å². The lowest BCUT2D eigenvalue weighted by atomic mass is 10.0. The van der Waals surface area contributed by atoms with Crippen molar-refractivity contribution in [1.82, 2.24) is 19.3 Å². The molecular weight excluding hydrogens is 441 g/mol. The predicted octanol–water partition coefficient (Wildman–Crippen LogP) is 4.84. The van der Waals surface area contributed by atoms with Crippen LogP contribution in [0, 0.1) is 24.6 Å². The molecule has 35 heavy (non-hydrogen) atoms. The number of imidazole rings is 1. The molecule has 4 aromatic rings. The van der Waals surface area contributed by atoms with Gasteiger partial charge in [0, 0.05) is 61.7 Å². The summed E-state index contributed by atoms with van der Waals surface area (Å²) in [4.78, 5) is 12.1. The van der Waals surface area contributed by atoms with E-state index >= 15 is 0 Å². The zero-order chi connectivity index (χ0) is 23.5. The van der Waals surface area contributed by atoms with Crippen LogP contribution in [-0.4, -0.2) is 39.0 Å². The molecular formula is C28H28FN5O. The lowest BCUT2D eigenvalue weighted by Gasteiger charge is -2.17. The molecule has 0 spiro atoms. The summed E-state index contributed by atoms with van der Waals surface area (Å²) in [6.07, 6.45) is 5.99. The van der Waals surface area contributed by atoms with Crippen molar-refractivity contribution >= 4 is 11.6 Å². The van der Waals surface area contributed by atoms with Crippen LogP contribution >= 0.6 is 0 Å². The van der Waals surface area contributed by atoms with Gasteiger partial charge in [0.15, 0.2) is 0 Å². The second kappa shape index (κ2) is 8.05. The number of fused-ring (bicyclic) bond motifs is 3. The molecule has 1 aliphatic carbocycles. The van der Waals surface area contributed by atoms with Gasteiger partial charge in [0.05, 0.1) is 12.3 Å². The summed E-state index contributed by atoms with van der Waals surface area (Å²) in [6.45, 7) is 6.44. The zero-order valence-electron chi connectivity index (χ0n) is 19.8. The molecule has 7 rings (SSSR count). The molecule has 178 valence electrons. The Balaban J connectivity index is 1.14. The van der Waals surface area contributed by atoms with Crippen molar-refractivity contribution in [2.45, 2.75) is 32.9 Å². The molecule has 3 aliphatic rings. The molecule has 0 bridgehead atoms. The Bertz CT molecular complexity index is 1420. The number of piperidine rings is 1. The first-order valence-corrected chi connectivity index (χ1v) is 12.5. The molecule has 2 aliphatic heterocycles. The molecule has 1 N–H and O–H groups in total. The number of anilines is 1. The quantitative estimate of drug-likeness (QED) is 0.438. The minimum Gasteiger partial charge on any atom is -0.493 e. The number of rotatable bonds is 6. The lowest BCUT2D eigenvalue weighted by molar-refractivity contribution is 0.297. The largest absolute Gasteiger partial charge is 0.493 e. The highest BCUT2D eigenvalue weighted by molar-refractivity contribution is 5.78. The number of benzene rings is 2. The predicted molar refractivity (Wildman–Crippen MR) is 133 cm³/mol. The molecule has 6 nitrogen and oxygen atoms in total. The van der Waals surface area contributed by atoms with Gasteiger partial charge >= 0.3 is 0 Å². The first-order valence-electron chi connectivity index (χ1n) is 12.5. The van der Waals surface area contributed by atoms with Crippen LogP contribution in [0.15, 0.2) is 48.8 Å². The Hall–Kier alpha value is -3.45. The van der Waals surface area contributed by atoms with E-state index in [1.165, 1.54) is 31.1 Å². The van der Waals surface area contributed by atoms with Crippen molar-refractivity contribution < 1.29 is 9.13 Å². The van der Waals surface area contributed by atoms with Gasteiger partial charge in [0.25, 0.3) is 0 Å². The van der Waals surface area contributed by atoms with E-state index in [1.807, 2.05) is 23.7 Å². The number of halogens is 1. The number of nitrogens with zero attached hydrogens (tertiary/aromatic N) is 4. The number of hydrogen-bond acceptors (Lipinski definition) is 5. The van der Waals surface area contributed by atoms with Crippen molar-refractivity contribution in [1.29, 1.82) is 0 Å². The molecule has 1 saturated heterocycles. The Morgan fingerprint density at radius 1 is 1.11 bits per heavy atom. The van der Waals surface area contributed by atoms with E-state index in [1.54, 1.807) is 6.07 Å². The van der Waals surface area contributed by atoms with Gasteiger partial charge in [0.1, 0.15) is 17.2 Å². The highest BCUT2D eigenvalue weighted by Crippen LogP contribution is 2.45. The standard InChI is InChI=1S/C28H28FN5O/c1-17-13-34-27(32-17)23(19-4-2-18(3-5-19)14-33-15-20-10-21(20)16-33)11-30-28(34)31-12-24-22-8-9-35-26(22)7-6-25(24)29/h2-7,11,13,20-21H,8-10,12,14-16H2,1H3,(H,30,31). The van der Waals surface area contributed by atoms with Crippen molar-refractivity contribution in [3.05, 3.63) is 77.0 Å². The number of aromatic nitrogens is 3. The summed E-state index contributed by atoms with van der Waals surface area (Å²) < 4.78 is 22.2. The van der Waals surface area contributed by atoms with Crippen LogP contribution in [0.25, 0.3) is 16.8 Å². The highest BCUT2D eigenvalue weighted by atomic mass is 19.1. The van der Waals surface area contributed by atoms with Crippen LogP contribution in [0.1, 0.15) is 28.8 Å². The molecule has 2 unspecified atom stereocenters. The summed E-state index contributed by atoms with van der Waals surface area (Å²) in [5, 5.41) is 3.33. The molecule has 2 fully saturated rings. The molecule has 2 atom stereocenters. The minimum atomic E-state index is -0.220. The van der Waals surface area contributed by atoms with Crippen molar-refractivity contribution in [2.24, 2.45) is 11.8 Å². The van der Waals surface area contributed by atoms with Crippen LogP contribution < -0.4 is 10.1 Å². The molecule has 4 heterocycles. The summed E-state index contributed by atoms with van der Waals surface area (Å²) >= 11 is 0. The number of ether oxygens (including phenoxy) is 1. The molecule has 2 aromatic carbocycles. The third-order valence-corrected chi connectivity index (χ3v) is 7.70. The van der Waals surface area contributed by atoms with Gasteiger partial charge in [-0.2, -0.15) is 0 Å². The van der Waals surface area contributed by atoms with Gasteiger partial charge in [-0.15, -0.1) is 0 Å². The van der Waals surface area contributed by atoms with Gasteiger partial charge in [-0.05, 0) is 48.4 Å². The van der Waals surface area contributed by atoms with Gasteiger partial charge < -0.3 is 10.1 Å². The summed E-state index contributed by atoms with van der Waals surface area (Å²) in [5.74, 6) is 3.11. The van der Waals surface area contributed by atoms with Crippen LogP contribution in [0.3, 0.4) is 0 Å². The first kappa shape index (κ1) is 20.9. The monoisotopic (exact) mass is 469 g/mol. The van der Waals surface area contributed by atoms with Crippen molar-refractivity contribution in [3.63, 3.8) is 0 Å². The van der Waals surface area contributed by atoms with Gasteiger partial charge in [-0.3, -0.25) is 9.30 Å². The van der Waals surface area contributed by atoms with E-state index in [-0.39, 0.29) is 5.82 Å². The molecule has 0 radical (unpaired) electrons. The zero-order valence-corrected chi connectivity index (χ0v) is 19.8. The average Bonchev–Trinajstić information content (AvgIpc) is 3.22. The van der Waals surface area contributed by atoms with Crippen LogP contribution in [0.5, 0.6) is 5.75 Å². The topological polar surface area (TPSA) is 54.7 Å². The number of nitrogens with one attached hydrogen (secondary N) is 1. The van der Waals surface area contributed by atoms with Crippen molar-refractivity contribution in [2.75, 3.05) is 25.0 Å². The second-order valence-electron chi connectivity index (χ2n) is 10.2. The minimum absolute atomic E-state index is 0.220. The molecule has 0 amide bonds. The van der Waals surface area contributed by atoms with E-state index < -0.39 is 0 Å². The van der Waals surface area contributed by atoms with E-state index in [9.17, 15) is 4.39 Å². The lowest BCUT2D eigenvalue weighted by Crippen LogP contribution is -2.21. The van der Waals surface area contributed by atoms with E-state index in [2.05, 4.69) is 34.5 Å². The van der Waals surface area contributed by atoms with Gasteiger partial charge in [-0.25, -0.2) is 14.4 Å². The molecule has 7 heteroatoms. The van der Waals surface area contributed by atoms with Crippen LogP contribution in [0.4, 0.5) is 10.3 Å². The van der Waals surface area contributed by atoms with E-state index in [0.717, 1.165) is 58.6 Å². The van der Waals surface area contributed by atoms with Gasteiger partial charge in [0.2, 0.25) is 5.95 Å². The normalized spacial score (nSPS) is 20.6. The maximum atomic E-state index is 14.6. The summed E-state index contributed by atoms with van der Waals surface area (Å²) in [7, 11) is 0. The fourth-order valence-corrected chi connectivity index (χ4v) is 5.78. The summed E-state index contributed by atoms with van der Waals surface area (Å²) in [5.41, 5.74) is 6.76. The van der Waals surface area contributed by atoms with E-state index in [0.29, 0.717) is 24.7 Å². The maximum Gasteiger partial charge on any atom is 0.208 e. The Morgan fingerprint density at radius 2 is 1.94 bits per heavy atom. The van der Waals surface area contributed by atoms with Crippen molar-refractivity contribution in [3.8, 4) is 16.9 Å². The smallest absolute Gasteiger partial charge is 0.208 e. The SMILES string of the molecule is Cc1cn2c(NCc3c(F)ccc4c3CCO4)ncc(-c3ccc(CN4CC5CC5C4)cc3)c2n1. The number of aryl methyl sites for hydroxylation is 1. The first-order chi connectivity index (χ1) is 17.1. The van der Waals surface area contributed by atoms with E-state index in [4.69, 9.17) is 14.7 Å². The van der Waals surface area contributed by atoms with Crippen LogP contribution in [0.2, 0.25) is 0 Å².